The third-order valence-electron chi connectivity index (χ3n) is 3.61. The highest BCUT2D eigenvalue weighted by Crippen LogP contribution is 2.24. The first kappa shape index (κ1) is 18.4. The fraction of sp³-hybridized carbons (Fsp3) is 0.222. The minimum Gasteiger partial charge on any atom is -0.355 e. The Kier molecular flexibility index (Phi) is 6.29. The van der Waals surface area contributed by atoms with Gasteiger partial charge in [0.25, 0.3) is 11.8 Å². The Balaban J connectivity index is 2.13. The highest BCUT2D eigenvalue weighted by molar-refractivity contribution is 7.98. The van der Waals surface area contributed by atoms with Crippen LogP contribution in [-0.4, -0.2) is 37.1 Å². The van der Waals surface area contributed by atoms with Crippen molar-refractivity contribution in [1.82, 2.24) is 10.2 Å². The van der Waals surface area contributed by atoms with Crippen molar-refractivity contribution < 1.29 is 9.59 Å². The van der Waals surface area contributed by atoms with Crippen LogP contribution >= 0.6 is 23.4 Å². The van der Waals surface area contributed by atoms with Crippen molar-refractivity contribution in [1.29, 1.82) is 0 Å². The zero-order valence-corrected chi connectivity index (χ0v) is 15.4. The number of halogens is 1. The molecule has 2 aromatic carbocycles. The van der Waals surface area contributed by atoms with Crippen LogP contribution in [0.5, 0.6) is 0 Å². The van der Waals surface area contributed by atoms with Gasteiger partial charge in [0, 0.05) is 31.1 Å². The van der Waals surface area contributed by atoms with Crippen molar-refractivity contribution in [2.45, 2.75) is 11.4 Å². The topological polar surface area (TPSA) is 49.4 Å². The molecule has 0 aliphatic rings. The maximum atomic E-state index is 12.6. The molecule has 0 saturated heterocycles. The lowest BCUT2D eigenvalue weighted by Crippen LogP contribution is -2.26. The average molecular weight is 363 g/mol. The van der Waals surface area contributed by atoms with Gasteiger partial charge in [0.2, 0.25) is 0 Å². The van der Waals surface area contributed by atoms with Crippen molar-refractivity contribution in [3.05, 3.63) is 64.2 Å². The molecular weight excluding hydrogens is 344 g/mol. The highest BCUT2D eigenvalue weighted by atomic mass is 35.5. The number of carbonyl (C=O) groups is 2. The molecule has 0 aromatic heterocycles. The molecule has 2 rings (SSSR count). The van der Waals surface area contributed by atoms with Crippen molar-refractivity contribution in [2.75, 3.05) is 20.4 Å². The van der Waals surface area contributed by atoms with Gasteiger partial charge in [0.1, 0.15) is 0 Å². The molecular formula is C18H19ClN2O2S. The number of nitrogens with zero attached hydrogens (tertiary/aromatic N) is 1. The lowest BCUT2D eigenvalue weighted by atomic mass is 10.1. The standard InChI is InChI=1S/C18H19ClN2O2S/c1-20-17(22)13-6-4-12(5-7-13)11-21(2)18(23)15-10-14(24-3)8-9-16(15)19/h4-10H,11H2,1-3H3,(H,20,22). The summed E-state index contributed by atoms with van der Waals surface area (Å²) in [5.74, 6) is -0.266. The predicted molar refractivity (Wildman–Crippen MR) is 98.9 cm³/mol. The molecule has 2 aromatic rings. The molecule has 126 valence electrons. The van der Waals surface area contributed by atoms with Gasteiger partial charge in [-0.15, -0.1) is 11.8 Å². The predicted octanol–water partition coefficient (Wildman–Crippen LogP) is 3.69. The lowest BCUT2D eigenvalue weighted by molar-refractivity contribution is 0.0784. The van der Waals surface area contributed by atoms with Crippen molar-refractivity contribution in [3.8, 4) is 0 Å². The summed E-state index contributed by atoms with van der Waals surface area (Å²) in [6, 6.07) is 12.6. The molecule has 0 heterocycles. The number of carbonyl (C=O) groups excluding carboxylic acids is 2. The lowest BCUT2D eigenvalue weighted by Gasteiger charge is -2.18. The summed E-state index contributed by atoms with van der Waals surface area (Å²) < 4.78 is 0. The smallest absolute Gasteiger partial charge is 0.255 e. The quantitative estimate of drug-likeness (QED) is 0.825. The molecule has 0 aliphatic carbocycles. The third kappa shape index (κ3) is 4.30. The third-order valence-corrected chi connectivity index (χ3v) is 4.67. The Hall–Kier alpha value is -1.98. The van der Waals surface area contributed by atoms with Crippen LogP contribution in [0.4, 0.5) is 0 Å². The number of nitrogens with one attached hydrogen (secondary N) is 1. The van der Waals surface area contributed by atoms with Crippen LogP contribution in [0.15, 0.2) is 47.4 Å². The molecule has 0 saturated carbocycles. The molecule has 0 atom stereocenters. The first-order chi connectivity index (χ1) is 11.5. The van der Waals surface area contributed by atoms with Crippen LogP contribution in [0, 0.1) is 0 Å². The monoisotopic (exact) mass is 362 g/mol. The zero-order valence-electron chi connectivity index (χ0n) is 13.8. The second kappa shape index (κ2) is 8.22. The molecule has 0 fully saturated rings. The second-order valence-electron chi connectivity index (χ2n) is 5.28. The van der Waals surface area contributed by atoms with Gasteiger partial charge >= 0.3 is 0 Å². The van der Waals surface area contributed by atoms with E-state index in [2.05, 4.69) is 5.32 Å². The van der Waals surface area contributed by atoms with Gasteiger partial charge in [-0.3, -0.25) is 9.59 Å². The summed E-state index contributed by atoms with van der Waals surface area (Å²) in [5, 5.41) is 3.02. The summed E-state index contributed by atoms with van der Waals surface area (Å²) in [7, 11) is 3.33. The van der Waals surface area contributed by atoms with Crippen molar-refractivity contribution in [3.63, 3.8) is 0 Å². The van der Waals surface area contributed by atoms with Crippen LogP contribution in [-0.2, 0) is 6.54 Å². The highest BCUT2D eigenvalue weighted by Gasteiger charge is 2.16. The second-order valence-corrected chi connectivity index (χ2v) is 6.57. The summed E-state index contributed by atoms with van der Waals surface area (Å²) in [6.45, 7) is 0.437. The summed E-state index contributed by atoms with van der Waals surface area (Å²) in [5.41, 5.74) is 2.02. The molecule has 0 aliphatic heterocycles. The SMILES string of the molecule is CNC(=O)c1ccc(CN(C)C(=O)c2cc(SC)ccc2Cl)cc1. The Morgan fingerprint density at radius 1 is 1.17 bits per heavy atom. The molecule has 6 heteroatoms. The van der Waals surface area contributed by atoms with E-state index in [1.807, 2.05) is 24.5 Å². The number of hydrogen-bond donors (Lipinski definition) is 1. The summed E-state index contributed by atoms with van der Waals surface area (Å²) in [6.07, 6.45) is 1.95. The molecule has 4 nitrogen and oxygen atoms in total. The van der Waals surface area contributed by atoms with Gasteiger partial charge in [0.15, 0.2) is 0 Å². The molecule has 0 unspecified atom stereocenters. The number of hydrogen-bond acceptors (Lipinski definition) is 3. The number of amides is 2. The maximum absolute atomic E-state index is 12.6. The Morgan fingerprint density at radius 2 is 1.83 bits per heavy atom. The summed E-state index contributed by atoms with van der Waals surface area (Å²) in [4.78, 5) is 26.8. The van der Waals surface area contributed by atoms with Gasteiger partial charge in [-0.1, -0.05) is 23.7 Å². The minimum absolute atomic E-state index is 0.133. The fourth-order valence-electron chi connectivity index (χ4n) is 2.25. The molecule has 0 spiro atoms. The largest absolute Gasteiger partial charge is 0.355 e. The minimum atomic E-state index is -0.133. The fourth-order valence-corrected chi connectivity index (χ4v) is 2.89. The van der Waals surface area contributed by atoms with E-state index in [-0.39, 0.29) is 11.8 Å². The van der Waals surface area contributed by atoms with E-state index in [1.54, 1.807) is 55.0 Å². The van der Waals surface area contributed by atoms with E-state index >= 15 is 0 Å². The zero-order chi connectivity index (χ0) is 17.7. The molecule has 2 amide bonds. The van der Waals surface area contributed by atoms with Crippen molar-refractivity contribution in [2.24, 2.45) is 0 Å². The van der Waals surface area contributed by atoms with Crippen LogP contribution in [0.2, 0.25) is 5.02 Å². The first-order valence-corrected chi connectivity index (χ1v) is 8.96. The Labute approximate surface area is 151 Å². The van der Waals surface area contributed by atoms with Crippen LogP contribution in [0.3, 0.4) is 0 Å². The number of benzene rings is 2. The van der Waals surface area contributed by atoms with Gasteiger partial charge in [-0.2, -0.15) is 0 Å². The van der Waals surface area contributed by atoms with E-state index in [0.29, 0.717) is 22.7 Å². The molecule has 0 bridgehead atoms. The maximum Gasteiger partial charge on any atom is 0.255 e. The van der Waals surface area contributed by atoms with E-state index in [4.69, 9.17) is 11.6 Å². The van der Waals surface area contributed by atoms with Gasteiger partial charge in [0.05, 0.1) is 10.6 Å². The van der Waals surface area contributed by atoms with Crippen LogP contribution < -0.4 is 5.32 Å². The van der Waals surface area contributed by atoms with E-state index < -0.39 is 0 Å². The van der Waals surface area contributed by atoms with Crippen molar-refractivity contribution >= 4 is 35.2 Å². The molecule has 1 N–H and O–H groups in total. The van der Waals surface area contributed by atoms with E-state index in [9.17, 15) is 9.59 Å². The van der Waals surface area contributed by atoms with Gasteiger partial charge in [-0.05, 0) is 42.2 Å². The average Bonchev–Trinajstić information content (AvgIpc) is 2.61. The molecule has 0 radical (unpaired) electrons. The summed E-state index contributed by atoms with van der Waals surface area (Å²) >= 11 is 7.73. The Morgan fingerprint density at radius 3 is 2.42 bits per heavy atom. The van der Waals surface area contributed by atoms with E-state index in [0.717, 1.165) is 10.5 Å². The van der Waals surface area contributed by atoms with Gasteiger partial charge < -0.3 is 10.2 Å². The van der Waals surface area contributed by atoms with E-state index in [1.165, 1.54) is 0 Å². The normalized spacial score (nSPS) is 10.3. The van der Waals surface area contributed by atoms with Crippen LogP contribution in [0.1, 0.15) is 26.3 Å². The molecule has 24 heavy (non-hydrogen) atoms. The number of rotatable bonds is 5. The first-order valence-electron chi connectivity index (χ1n) is 7.36. The van der Waals surface area contributed by atoms with Gasteiger partial charge in [-0.25, -0.2) is 0 Å². The van der Waals surface area contributed by atoms with Crippen LogP contribution in [0.25, 0.3) is 0 Å². The Bertz CT molecular complexity index is 747. The number of thioether (sulfide) groups is 1.